The van der Waals surface area contributed by atoms with Crippen molar-refractivity contribution >= 4 is 11.8 Å². The van der Waals surface area contributed by atoms with Crippen molar-refractivity contribution in [3.05, 3.63) is 78.4 Å². The first-order valence-corrected chi connectivity index (χ1v) is 10.5. The van der Waals surface area contributed by atoms with Gasteiger partial charge >= 0.3 is 0 Å². The zero-order valence-corrected chi connectivity index (χ0v) is 17.1. The Morgan fingerprint density at radius 3 is 2.60 bits per heavy atom. The summed E-state index contributed by atoms with van der Waals surface area (Å²) < 4.78 is 18.5. The zero-order chi connectivity index (χ0) is 20.3. The van der Waals surface area contributed by atoms with E-state index in [9.17, 15) is 0 Å². The molecule has 30 heavy (non-hydrogen) atoms. The molecule has 1 aliphatic heterocycles. The third-order valence-corrected chi connectivity index (χ3v) is 5.80. The number of aromatic nitrogens is 3. The number of thioether (sulfide) groups is 1. The van der Waals surface area contributed by atoms with E-state index >= 15 is 0 Å². The second-order valence-electron chi connectivity index (χ2n) is 6.65. The van der Waals surface area contributed by atoms with E-state index < -0.39 is 0 Å². The largest absolute Gasteiger partial charge is 0.496 e. The van der Waals surface area contributed by atoms with Gasteiger partial charge in [0.1, 0.15) is 5.75 Å². The molecular formula is C23H19N3O3S. The van der Waals surface area contributed by atoms with Crippen LogP contribution >= 0.6 is 11.8 Å². The molecule has 7 heteroatoms. The average molecular weight is 417 g/mol. The number of para-hydroxylation sites is 2. The first kappa shape index (κ1) is 18.6. The summed E-state index contributed by atoms with van der Waals surface area (Å²) in [7, 11) is 1.66. The second kappa shape index (κ2) is 8.12. The summed E-state index contributed by atoms with van der Waals surface area (Å²) in [6, 6.07) is 24.0. The van der Waals surface area contributed by atoms with Crippen LogP contribution in [-0.4, -0.2) is 28.7 Å². The van der Waals surface area contributed by atoms with Crippen molar-refractivity contribution in [1.29, 1.82) is 0 Å². The summed E-state index contributed by atoms with van der Waals surface area (Å²) in [4.78, 5) is 0. The van der Waals surface area contributed by atoms with E-state index in [4.69, 9.17) is 14.2 Å². The molecule has 1 aromatic heterocycles. The molecular weight excluding hydrogens is 398 g/mol. The highest BCUT2D eigenvalue weighted by molar-refractivity contribution is 7.98. The van der Waals surface area contributed by atoms with Gasteiger partial charge in [0.25, 0.3) is 0 Å². The Hall–Kier alpha value is -3.45. The Morgan fingerprint density at radius 2 is 1.73 bits per heavy atom. The van der Waals surface area contributed by atoms with Crippen molar-refractivity contribution < 1.29 is 14.2 Å². The predicted molar refractivity (Wildman–Crippen MR) is 115 cm³/mol. The SMILES string of the molecule is COc1ccccc1-c1nnc(SCc2ccc3c(c2)OCO3)n1-c1ccccc1. The smallest absolute Gasteiger partial charge is 0.231 e. The first-order chi connectivity index (χ1) is 14.8. The van der Waals surface area contributed by atoms with Gasteiger partial charge in [0.05, 0.1) is 12.7 Å². The molecule has 2 heterocycles. The molecule has 0 unspecified atom stereocenters. The highest BCUT2D eigenvalue weighted by Gasteiger charge is 2.19. The van der Waals surface area contributed by atoms with Crippen LogP contribution in [-0.2, 0) is 5.75 Å². The second-order valence-corrected chi connectivity index (χ2v) is 7.60. The van der Waals surface area contributed by atoms with Gasteiger partial charge in [-0.15, -0.1) is 10.2 Å². The lowest BCUT2D eigenvalue weighted by atomic mass is 10.2. The quantitative estimate of drug-likeness (QED) is 0.413. The molecule has 4 aromatic rings. The molecule has 0 bridgehead atoms. The number of benzene rings is 3. The Morgan fingerprint density at radius 1 is 0.933 bits per heavy atom. The van der Waals surface area contributed by atoms with E-state index in [1.165, 1.54) is 0 Å². The Labute approximate surface area is 178 Å². The lowest BCUT2D eigenvalue weighted by Gasteiger charge is -2.12. The van der Waals surface area contributed by atoms with E-state index in [2.05, 4.69) is 14.8 Å². The van der Waals surface area contributed by atoms with Crippen LogP contribution in [0.5, 0.6) is 17.2 Å². The number of hydrogen-bond donors (Lipinski definition) is 0. The Bertz CT molecular complexity index is 1180. The topological polar surface area (TPSA) is 58.4 Å². The van der Waals surface area contributed by atoms with Crippen molar-refractivity contribution in [2.45, 2.75) is 10.9 Å². The minimum absolute atomic E-state index is 0.274. The van der Waals surface area contributed by atoms with Crippen molar-refractivity contribution in [2.24, 2.45) is 0 Å². The van der Waals surface area contributed by atoms with Crippen LogP contribution in [0.3, 0.4) is 0 Å². The van der Waals surface area contributed by atoms with Gasteiger partial charge in [-0.05, 0) is 42.0 Å². The Kier molecular flexibility index (Phi) is 5.03. The van der Waals surface area contributed by atoms with Crippen LogP contribution in [0.25, 0.3) is 17.1 Å². The fraction of sp³-hybridized carbons (Fsp3) is 0.130. The normalized spacial score (nSPS) is 12.2. The molecule has 0 aliphatic carbocycles. The lowest BCUT2D eigenvalue weighted by Crippen LogP contribution is -2.00. The molecule has 0 N–H and O–H groups in total. The van der Waals surface area contributed by atoms with Crippen molar-refractivity contribution in [3.8, 4) is 34.3 Å². The third kappa shape index (κ3) is 3.48. The van der Waals surface area contributed by atoms with Crippen LogP contribution in [0.2, 0.25) is 0 Å². The van der Waals surface area contributed by atoms with Gasteiger partial charge in [-0.2, -0.15) is 0 Å². The maximum Gasteiger partial charge on any atom is 0.231 e. The van der Waals surface area contributed by atoms with Crippen molar-refractivity contribution in [2.75, 3.05) is 13.9 Å². The third-order valence-electron chi connectivity index (χ3n) is 4.80. The molecule has 0 fully saturated rings. The van der Waals surface area contributed by atoms with E-state index in [1.807, 2.05) is 72.8 Å². The first-order valence-electron chi connectivity index (χ1n) is 9.49. The van der Waals surface area contributed by atoms with Crippen molar-refractivity contribution in [1.82, 2.24) is 14.8 Å². The maximum absolute atomic E-state index is 5.56. The summed E-state index contributed by atoms with van der Waals surface area (Å²) in [5.41, 5.74) is 3.02. The predicted octanol–water partition coefficient (Wildman–Crippen LogP) is 4.96. The number of nitrogens with zero attached hydrogens (tertiary/aromatic N) is 3. The van der Waals surface area contributed by atoms with Gasteiger partial charge in [0, 0.05) is 11.4 Å². The number of hydrogen-bond acceptors (Lipinski definition) is 6. The van der Waals surface area contributed by atoms with E-state index in [-0.39, 0.29) is 6.79 Å². The highest BCUT2D eigenvalue weighted by Crippen LogP contribution is 2.36. The highest BCUT2D eigenvalue weighted by atomic mass is 32.2. The van der Waals surface area contributed by atoms with Gasteiger partial charge < -0.3 is 14.2 Å². The monoisotopic (exact) mass is 417 g/mol. The molecule has 1 aliphatic rings. The molecule has 6 nitrogen and oxygen atoms in total. The summed E-state index contributed by atoms with van der Waals surface area (Å²) in [6.45, 7) is 0.274. The van der Waals surface area contributed by atoms with Crippen LogP contribution in [0.1, 0.15) is 5.56 Å². The van der Waals surface area contributed by atoms with Gasteiger partial charge in [-0.25, -0.2) is 0 Å². The number of methoxy groups -OCH3 is 1. The van der Waals surface area contributed by atoms with Crippen LogP contribution in [0.4, 0.5) is 0 Å². The van der Waals surface area contributed by atoms with Crippen molar-refractivity contribution in [3.63, 3.8) is 0 Å². The molecule has 0 saturated carbocycles. The summed E-state index contributed by atoms with van der Waals surface area (Å²) >= 11 is 1.62. The molecule has 5 rings (SSSR count). The molecule has 0 spiro atoms. The molecule has 0 amide bonds. The fourth-order valence-corrected chi connectivity index (χ4v) is 4.25. The lowest BCUT2D eigenvalue weighted by molar-refractivity contribution is 0.174. The average Bonchev–Trinajstić information content (AvgIpc) is 3.44. The minimum Gasteiger partial charge on any atom is -0.496 e. The fourth-order valence-electron chi connectivity index (χ4n) is 3.36. The maximum atomic E-state index is 5.56. The molecule has 0 atom stereocenters. The van der Waals surface area contributed by atoms with Crippen LogP contribution in [0.15, 0.2) is 78.0 Å². The molecule has 150 valence electrons. The zero-order valence-electron chi connectivity index (χ0n) is 16.3. The molecule has 0 saturated heterocycles. The molecule has 0 radical (unpaired) electrons. The minimum atomic E-state index is 0.274. The van der Waals surface area contributed by atoms with Gasteiger partial charge in [-0.1, -0.05) is 48.2 Å². The summed E-state index contributed by atoms with van der Waals surface area (Å²) in [5, 5.41) is 9.81. The van der Waals surface area contributed by atoms with Gasteiger partial charge in [-0.3, -0.25) is 4.57 Å². The van der Waals surface area contributed by atoms with Gasteiger partial charge in [0.15, 0.2) is 22.5 Å². The number of ether oxygens (including phenoxy) is 3. The molecule has 3 aromatic carbocycles. The summed E-state index contributed by atoms with van der Waals surface area (Å²) in [5.74, 6) is 3.80. The standard InChI is InChI=1S/C23H19N3O3S/c1-27-19-10-6-5-9-18(19)22-24-25-23(26(22)17-7-3-2-4-8-17)30-14-16-11-12-20-21(13-16)29-15-28-20/h2-13H,14-15H2,1H3. The number of rotatable bonds is 6. The summed E-state index contributed by atoms with van der Waals surface area (Å²) in [6.07, 6.45) is 0. The van der Waals surface area contributed by atoms with E-state index in [1.54, 1.807) is 18.9 Å². The number of fused-ring (bicyclic) bond motifs is 1. The Balaban J connectivity index is 1.51. The van der Waals surface area contributed by atoms with E-state index in [0.29, 0.717) is 0 Å². The van der Waals surface area contributed by atoms with E-state index in [0.717, 1.165) is 50.8 Å². The van der Waals surface area contributed by atoms with Crippen LogP contribution < -0.4 is 14.2 Å². The van der Waals surface area contributed by atoms with Crippen LogP contribution in [0, 0.1) is 0 Å². The van der Waals surface area contributed by atoms with Gasteiger partial charge in [0.2, 0.25) is 6.79 Å².